The number of nitrogens with one attached hydrogen (secondary N) is 1. The highest BCUT2D eigenvalue weighted by molar-refractivity contribution is 6.22. The van der Waals surface area contributed by atoms with Crippen molar-refractivity contribution < 1.29 is 23.9 Å². The molecule has 2 aliphatic heterocycles. The van der Waals surface area contributed by atoms with Gasteiger partial charge in [-0.1, -0.05) is 30.3 Å². The van der Waals surface area contributed by atoms with Gasteiger partial charge in [-0.25, -0.2) is 9.69 Å². The topological polar surface area (TPSA) is 88.2 Å². The van der Waals surface area contributed by atoms with Gasteiger partial charge in [0.05, 0.1) is 32.4 Å². The fourth-order valence-corrected chi connectivity index (χ4v) is 3.69. The van der Waals surface area contributed by atoms with Gasteiger partial charge in [0.1, 0.15) is 17.9 Å². The monoisotopic (exact) mass is 409 g/mol. The van der Waals surface area contributed by atoms with Crippen LogP contribution in [0.15, 0.2) is 54.6 Å². The first-order chi connectivity index (χ1) is 14.6. The summed E-state index contributed by atoms with van der Waals surface area (Å²) in [5.41, 5.74) is 1.44. The third-order valence-corrected chi connectivity index (χ3v) is 5.32. The number of morpholine rings is 1. The van der Waals surface area contributed by atoms with Gasteiger partial charge in [0.2, 0.25) is 5.91 Å². The number of urea groups is 1. The summed E-state index contributed by atoms with van der Waals surface area (Å²) >= 11 is 0. The first kappa shape index (κ1) is 19.9. The van der Waals surface area contributed by atoms with Crippen molar-refractivity contribution in [3.63, 3.8) is 0 Å². The average molecular weight is 409 g/mol. The Kier molecular flexibility index (Phi) is 5.67. The first-order valence-corrected chi connectivity index (χ1v) is 9.79. The normalized spacial score (nSPS) is 21.5. The SMILES string of the molecule is COc1ccc(N2C(=O)N[C@H](CC(=O)N3CCOC(c4ccccc4)C3)C2=O)cc1. The molecule has 2 saturated heterocycles. The smallest absolute Gasteiger partial charge is 0.329 e. The molecule has 0 saturated carbocycles. The molecule has 0 bridgehead atoms. The molecule has 156 valence electrons. The molecule has 30 heavy (non-hydrogen) atoms. The molecule has 0 spiro atoms. The second-order valence-corrected chi connectivity index (χ2v) is 7.19. The Hall–Kier alpha value is -3.39. The average Bonchev–Trinajstić information content (AvgIpc) is 3.07. The van der Waals surface area contributed by atoms with Crippen molar-refractivity contribution in [2.24, 2.45) is 0 Å². The number of imide groups is 1. The van der Waals surface area contributed by atoms with Crippen LogP contribution in [0.1, 0.15) is 18.1 Å². The van der Waals surface area contributed by atoms with Gasteiger partial charge < -0.3 is 19.7 Å². The van der Waals surface area contributed by atoms with Crippen molar-refractivity contribution in [2.75, 3.05) is 31.7 Å². The number of anilines is 1. The molecule has 2 aliphatic rings. The molecule has 1 unspecified atom stereocenters. The molecule has 0 radical (unpaired) electrons. The summed E-state index contributed by atoms with van der Waals surface area (Å²) in [5, 5.41) is 2.62. The number of nitrogens with zero attached hydrogens (tertiary/aromatic N) is 2. The lowest BCUT2D eigenvalue weighted by Crippen LogP contribution is -2.45. The highest BCUT2D eigenvalue weighted by Gasteiger charge is 2.41. The third kappa shape index (κ3) is 3.99. The summed E-state index contributed by atoms with van der Waals surface area (Å²) in [7, 11) is 1.54. The van der Waals surface area contributed by atoms with Crippen molar-refractivity contribution in [3.05, 3.63) is 60.2 Å². The van der Waals surface area contributed by atoms with E-state index in [2.05, 4.69) is 5.32 Å². The first-order valence-electron chi connectivity index (χ1n) is 9.79. The van der Waals surface area contributed by atoms with Gasteiger partial charge in [0, 0.05) is 6.54 Å². The van der Waals surface area contributed by atoms with Crippen LogP contribution in [0.3, 0.4) is 0 Å². The van der Waals surface area contributed by atoms with Gasteiger partial charge in [-0.2, -0.15) is 0 Å². The van der Waals surface area contributed by atoms with Gasteiger partial charge in [0.15, 0.2) is 0 Å². The molecule has 0 aromatic heterocycles. The van der Waals surface area contributed by atoms with E-state index < -0.39 is 18.0 Å². The predicted molar refractivity (Wildman–Crippen MR) is 109 cm³/mol. The second kappa shape index (κ2) is 8.54. The van der Waals surface area contributed by atoms with Crippen LogP contribution in [-0.2, 0) is 14.3 Å². The van der Waals surface area contributed by atoms with Crippen molar-refractivity contribution in [1.29, 1.82) is 0 Å². The van der Waals surface area contributed by atoms with Crippen LogP contribution in [0.2, 0.25) is 0 Å². The fraction of sp³-hybridized carbons (Fsp3) is 0.318. The molecule has 4 amide bonds. The largest absolute Gasteiger partial charge is 0.497 e. The zero-order chi connectivity index (χ0) is 21.1. The van der Waals surface area contributed by atoms with Crippen LogP contribution in [0, 0.1) is 0 Å². The summed E-state index contributed by atoms with van der Waals surface area (Å²) in [6.07, 6.45) is -0.285. The molecular weight excluding hydrogens is 386 g/mol. The van der Waals surface area contributed by atoms with E-state index in [4.69, 9.17) is 9.47 Å². The Balaban J connectivity index is 1.40. The maximum absolute atomic E-state index is 12.8. The van der Waals surface area contributed by atoms with E-state index in [1.807, 2.05) is 30.3 Å². The minimum absolute atomic E-state index is 0.0846. The van der Waals surface area contributed by atoms with Gasteiger partial charge in [0.25, 0.3) is 5.91 Å². The van der Waals surface area contributed by atoms with Gasteiger partial charge in [-0.15, -0.1) is 0 Å². The van der Waals surface area contributed by atoms with Crippen LogP contribution in [0.25, 0.3) is 0 Å². The van der Waals surface area contributed by atoms with Gasteiger partial charge in [-0.3, -0.25) is 9.59 Å². The summed E-state index contributed by atoms with van der Waals surface area (Å²) in [6, 6.07) is 14.9. The minimum atomic E-state index is -0.884. The number of hydrogen-bond acceptors (Lipinski definition) is 5. The highest BCUT2D eigenvalue weighted by atomic mass is 16.5. The Morgan fingerprint density at radius 1 is 1.13 bits per heavy atom. The standard InChI is InChI=1S/C22H23N3O5/c1-29-17-9-7-16(8-10-17)25-21(27)18(23-22(25)28)13-20(26)24-11-12-30-19(14-24)15-5-3-2-4-6-15/h2-10,18-19H,11-14H2,1H3,(H,23,28)/t18-,19?/m1/s1. The van der Waals surface area contributed by atoms with Crippen molar-refractivity contribution in [1.82, 2.24) is 10.2 Å². The minimum Gasteiger partial charge on any atom is -0.497 e. The second-order valence-electron chi connectivity index (χ2n) is 7.19. The Labute approximate surface area is 174 Å². The summed E-state index contributed by atoms with van der Waals surface area (Å²) < 4.78 is 10.9. The number of carbonyl (C=O) groups is 3. The summed E-state index contributed by atoms with van der Waals surface area (Å²) in [5.74, 6) is -0.00123. The van der Waals surface area contributed by atoms with Crippen molar-refractivity contribution >= 4 is 23.5 Å². The summed E-state index contributed by atoms with van der Waals surface area (Å²) in [6.45, 7) is 1.30. The number of hydrogen-bond donors (Lipinski definition) is 1. The number of methoxy groups -OCH3 is 1. The number of carbonyl (C=O) groups excluding carboxylic acids is 3. The van der Waals surface area contributed by atoms with Crippen LogP contribution in [-0.4, -0.2) is 55.6 Å². The molecule has 8 nitrogen and oxygen atoms in total. The molecule has 2 aromatic carbocycles. The quantitative estimate of drug-likeness (QED) is 0.765. The van der Waals surface area contributed by atoms with E-state index >= 15 is 0 Å². The number of benzene rings is 2. The highest BCUT2D eigenvalue weighted by Crippen LogP contribution is 2.25. The van der Waals surface area contributed by atoms with E-state index in [0.717, 1.165) is 10.5 Å². The lowest BCUT2D eigenvalue weighted by Gasteiger charge is -2.33. The molecule has 2 atom stereocenters. The Morgan fingerprint density at radius 2 is 1.87 bits per heavy atom. The van der Waals surface area contributed by atoms with E-state index in [0.29, 0.717) is 31.1 Å². The third-order valence-electron chi connectivity index (χ3n) is 5.32. The van der Waals surface area contributed by atoms with Crippen LogP contribution in [0.4, 0.5) is 10.5 Å². The molecular formula is C22H23N3O5. The predicted octanol–water partition coefficient (Wildman–Crippen LogP) is 2.11. The van der Waals surface area contributed by atoms with E-state index in [1.54, 1.807) is 36.3 Å². The molecule has 2 fully saturated rings. The van der Waals surface area contributed by atoms with Gasteiger partial charge in [-0.05, 0) is 29.8 Å². The lowest BCUT2D eigenvalue weighted by molar-refractivity contribution is -0.140. The van der Waals surface area contributed by atoms with Crippen LogP contribution < -0.4 is 15.0 Å². The molecule has 0 aliphatic carbocycles. The maximum Gasteiger partial charge on any atom is 0.329 e. The summed E-state index contributed by atoms with van der Waals surface area (Å²) in [4.78, 5) is 40.7. The fourth-order valence-electron chi connectivity index (χ4n) is 3.69. The number of amides is 4. The lowest BCUT2D eigenvalue weighted by atomic mass is 10.1. The number of rotatable bonds is 5. The van der Waals surface area contributed by atoms with Crippen LogP contribution >= 0.6 is 0 Å². The zero-order valence-corrected chi connectivity index (χ0v) is 16.6. The molecule has 8 heteroatoms. The molecule has 2 aromatic rings. The zero-order valence-electron chi connectivity index (χ0n) is 16.6. The Morgan fingerprint density at radius 3 is 2.57 bits per heavy atom. The van der Waals surface area contributed by atoms with Crippen molar-refractivity contribution in [3.8, 4) is 5.75 Å². The molecule has 1 N–H and O–H groups in total. The maximum atomic E-state index is 12.8. The van der Waals surface area contributed by atoms with Crippen LogP contribution in [0.5, 0.6) is 5.75 Å². The Bertz CT molecular complexity index is 932. The molecule has 4 rings (SSSR count). The van der Waals surface area contributed by atoms with Crippen molar-refractivity contribution in [2.45, 2.75) is 18.6 Å². The number of ether oxygens (including phenoxy) is 2. The molecule has 2 heterocycles. The van der Waals surface area contributed by atoms with E-state index in [-0.39, 0.29) is 18.4 Å². The van der Waals surface area contributed by atoms with Gasteiger partial charge >= 0.3 is 6.03 Å². The van der Waals surface area contributed by atoms with E-state index in [9.17, 15) is 14.4 Å². The van der Waals surface area contributed by atoms with E-state index in [1.165, 1.54) is 0 Å².